The fourth-order valence-corrected chi connectivity index (χ4v) is 2.15. The molecule has 1 aliphatic rings. The van der Waals surface area contributed by atoms with Gasteiger partial charge in [0.25, 0.3) is 0 Å². The van der Waals surface area contributed by atoms with Crippen LogP contribution in [0.2, 0.25) is 0 Å². The van der Waals surface area contributed by atoms with Gasteiger partial charge in [-0.2, -0.15) is 0 Å². The number of aliphatic carboxylic acids is 1. The minimum Gasteiger partial charge on any atom is -0.508 e. The van der Waals surface area contributed by atoms with E-state index in [0.29, 0.717) is 18.7 Å². The van der Waals surface area contributed by atoms with Crippen molar-refractivity contribution in [1.82, 2.24) is 5.32 Å². The first-order valence-electron chi connectivity index (χ1n) is 5.45. The van der Waals surface area contributed by atoms with Crippen molar-refractivity contribution >= 4 is 5.97 Å². The summed E-state index contributed by atoms with van der Waals surface area (Å²) in [6.07, 6.45) is 0.509. The first kappa shape index (κ1) is 11.7. The monoisotopic (exact) mass is 237 g/mol. The maximum atomic E-state index is 10.9. The molecule has 1 aromatic carbocycles. The van der Waals surface area contributed by atoms with Crippen LogP contribution in [0.4, 0.5) is 0 Å². The van der Waals surface area contributed by atoms with E-state index in [1.807, 2.05) is 0 Å². The Balaban J connectivity index is 2.23. The number of rotatable bonds is 3. The molecule has 1 fully saturated rings. The third-order valence-corrected chi connectivity index (χ3v) is 3.07. The molecule has 0 aromatic heterocycles. The lowest BCUT2D eigenvalue weighted by Crippen LogP contribution is -2.17. The van der Waals surface area contributed by atoms with Gasteiger partial charge in [0.15, 0.2) is 0 Å². The molecule has 1 heterocycles. The maximum Gasteiger partial charge on any atom is 0.307 e. The molecule has 0 saturated carbocycles. The van der Waals surface area contributed by atoms with Crippen molar-refractivity contribution in [2.45, 2.75) is 12.5 Å². The molecule has 92 valence electrons. The molecule has 0 bridgehead atoms. The Kier molecular flexibility index (Phi) is 3.19. The number of carboxylic acids is 1. The van der Waals surface area contributed by atoms with Crippen molar-refractivity contribution in [2.75, 3.05) is 13.7 Å². The molecule has 2 atom stereocenters. The molecule has 5 nitrogen and oxygen atoms in total. The van der Waals surface area contributed by atoms with E-state index in [-0.39, 0.29) is 17.7 Å². The highest BCUT2D eigenvalue weighted by atomic mass is 16.5. The van der Waals surface area contributed by atoms with Gasteiger partial charge in [-0.1, -0.05) is 0 Å². The van der Waals surface area contributed by atoms with Crippen LogP contribution in [-0.4, -0.2) is 29.8 Å². The number of benzene rings is 1. The average molecular weight is 237 g/mol. The Morgan fingerprint density at radius 1 is 1.53 bits per heavy atom. The summed E-state index contributed by atoms with van der Waals surface area (Å²) < 4.78 is 5.21. The number of phenolic OH excluding ortho intramolecular Hbond substituents is 1. The quantitative estimate of drug-likeness (QED) is 0.734. The zero-order valence-corrected chi connectivity index (χ0v) is 9.51. The van der Waals surface area contributed by atoms with Crippen molar-refractivity contribution in [3.63, 3.8) is 0 Å². The van der Waals surface area contributed by atoms with Crippen LogP contribution in [0, 0.1) is 5.92 Å². The molecular formula is C12H15NO4. The Bertz CT molecular complexity index is 433. The summed E-state index contributed by atoms with van der Waals surface area (Å²) in [4.78, 5) is 10.9. The lowest BCUT2D eigenvalue weighted by atomic mass is 9.99. The van der Waals surface area contributed by atoms with Gasteiger partial charge in [-0.3, -0.25) is 4.79 Å². The molecule has 5 heteroatoms. The summed E-state index contributed by atoms with van der Waals surface area (Å²) in [5.74, 6) is -0.362. The second kappa shape index (κ2) is 4.63. The minimum atomic E-state index is -0.792. The van der Waals surface area contributed by atoms with Gasteiger partial charge in [0.05, 0.1) is 13.0 Å². The Hall–Kier alpha value is -1.75. The van der Waals surface area contributed by atoms with Crippen LogP contribution in [0.5, 0.6) is 11.5 Å². The molecular weight excluding hydrogens is 222 g/mol. The fraction of sp³-hybridized carbons (Fsp3) is 0.417. The smallest absolute Gasteiger partial charge is 0.307 e. The number of ether oxygens (including phenoxy) is 1. The van der Waals surface area contributed by atoms with Crippen molar-refractivity contribution < 1.29 is 19.7 Å². The van der Waals surface area contributed by atoms with Gasteiger partial charge >= 0.3 is 5.97 Å². The molecule has 0 aliphatic carbocycles. The van der Waals surface area contributed by atoms with Crippen molar-refractivity contribution in [3.8, 4) is 11.5 Å². The summed E-state index contributed by atoms with van der Waals surface area (Å²) in [5.41, 5.74) is 0.802. The van der Waals surface area contributed by atoms with Crippen LogP contribution in [0.25, 0.3) is 0 Å². The van der Waals surface area contributed by atoms with E-state index < -0.39 is 5.97 Å². The van der Waals surface area contributed by atoms with Crippen LogP contribution in [0.3, 0.4) is 0 Å². The van der Waals surface area contributed by atoms with Crippen molar-refractivity contribution in [1.29, 1.82) is 0 Å². The summed E-state index contributed by atoms with van der Waals surface area (Å²) in [6, 6.07) is 4.76. The fourth-order valence-electron chi connectivity index (χ4n) is 2.15. The topological polar surface area (TPSA) is 78.8 Å². The van der Waals surface area contributed by atoms with Gasteiger partial charge in [0, 0.05) is 18.2 Å². The number of aromatic hydroxyl groups is 1. The minimum absolute atomic E-state index is 0.0850. The zero-order valence-electron chi connectivity index (χ0n) is 9.51. The van der Waals surface area contributed by atoms with E-state index in [4.69, 9.17) is 9.84 Å². The number of carbonyl (C=O) groups is 1. The van der Waals surface area contributed by atoms with E-state index in [9.17, 15) is 9.90 Å². The number of hydrogen-bond donors (Lipinski definition) is 3. The predicted molar refractivity (Wildman–Crippen MR) is 61.1 cm³/mol. The highest BCUT2D eigenvalue weighted by molar-refractivity contribution is 5.71. The van der Waals surface area contributed by atoms with Crippen molar-refractivity contribution in [2.24, 2.45) is 5.92 Å². The molecule has 0 radical (unpaired) electrons. The Morgan fingerprint density at radius 3 is 2.88 bits per heavy atom. The third-order valence-electron chi connectivity index (χ3n) is 3.07. The van der Waals surface area contributed by atoms with E-state index in [1.165, 1.54) is 0 Å². The molecule has 3 N–H and O–H groups in total. The SMILES string of the molecule is COc1ccc(O)cc1C1CC(C(=O)O)CN1. The first-order valence-corrected chi connectivity index (χ1v) is 5.45. The number of carboxylic acid groups (broad SMARTS) is 1. The van der Waals surface area contributed by atoms with Crippen molar-refractivity contribution in [3.05, 3.63) is 23.8 Å². The van der Waals surface area contributed by atoms with Crippen LogP contribution in [0.15, 0.2) is 18.2 Å². The molecule has 1 saturated heterocycles. The summed E-state index contributed by atoms with van der Waals surface area (Å²) >= 11 is 0. The standard InChI is InChI=1S/C12H15NO4/c1-17-11-3-2-8(14)5-9(11)10-4-7(6-13-10)12(15)16/h2-3,5,7,10,13-14H,4,6H2,1H3,(H,15,16). The highest BCUT2D eigenvalue weighted by Gasteiger charge is 2.31. The summed E-state index contributed by atoms with van der Waals surface area (Å²) in [6.45, 7) is 0.443. The van der Waals surface area contributed by atoms with Gasteiger partial charge in [-0.05, 0) is 24.6 Å². The molecule has 1 aliphatic heterocycles. The predicted octanol–water partition coefficient (Wildman–Crippen LogP) is 1.14. The summed E-state index contributed by atoms with van der Waals surface area (Å²) in [5, 5.41) is 21.5. The molecule has 1 aromatic rings. The van der Waals surface area contributed by atoms with Gasteiger partial charge in [-0.25, -0.2) is 0 Å². The Labute approximate surface area is 99.0 Å². The van der Waals surface area contributed by atoms with Gasteiger partial charge < -0.3 is 20.3 Å². The maximum absolute atomic E-state index is 10.9. The molecule has 2 unspecified atom stereocenters. The van der Waals surface area contributed by atoms with Gasteiger partial charge in [0.2, 0.25) is 0 Å². The second-order valence-electron chi connectivity index (χ2n) is 4.16. The average Bonchev–Trinajstić information content (AvgIpc) is 2.78. The van der Waals surface area contributed by atoms with E-state index in [2.05, 4.69) is 5.32 Å². The van der Waals surface area contributed by atoms with Gasteiger partial charge in [-0.15, -0.1) is 0 Å². The Morgan fingerprint density at radius 2 is 2.29 bits per heavy atom. The molecule has 0 spiro atoms. The zero-order chi connectivity index (χ0) is 12.4. The summed E-state index contributed by atoms with van der Waals surface area (Å²) in [7, 11) is 1.56. The van der Waals surface area contributed by atoms with E-state index >= 15 is 0 Å². The lowest BCUT2D eigenvalue weighted by molar-refractivity contribution is -0.141. The van der Waals surface area contributed by atoms with Crippen LogP contribution in [0.1, 0.15) is 18.0 Å². The van der Waals surface area contributed by atoms with Crippen LogP contribution < -0.4 is 10.1 Å². The second-order valence-corrected chi connectivity index (χ2v) is 4.16. The van der Waals surface area contributed by atoms with E-state index in [1.54, 1.807) is 25.3 Å². The molecule has 0 amide bonds. The molecule has 17 heavy (non-hydrogen) atoms. The normalized spacial score (nSPS) is 23.6. The lowest BCUT2D eigenvalue weighted by Gasteiger charge is -2.15. The van der Waals surface area contributed by atoms with Crippen LogP contribution >= 0.6 is 0 Å². The van der Waals surface area contributed by atoms with Crippen LogP contribution in [-0.2, 0) is 4.79 Å². The number of methoxy groups -OCH3 is 1. The largest absolute Gasteiger partial charge is 0.508 e. The highest BCUT2D eigenvalue weighted by Crippen LogP contribution is 2.35. The third kappa shape index (κ3) is 2.34. The number of phenols is 1. The molecule has 2 rings (SSSR count). The van der Waals surface area contributed by atoms with Gasteiger partial charge in [0.1, 0.15) is 11.5 Å². The number of nitrogens with one attached hydrogen (secondary N) is 1. The van der Waals surface area contributed by atoms with E-state index in [0.717, 1.165) is 5.56 Å². The first-order chi connectivity index (χ1) is 8.11. The number of hydrogen-bond acceptors (Lipinski definition) is 4.